The Bertz CT molecular complexity index is 582. The lowest BCUT2D eigenvalue weighted by atomic mass is 10.3. The first kappa shape index (κ1) is 11.4. The van der Waals surface area contributed by atoms with Crippen LogP contribution in [0, 0.1) is 23.3 Å². The summed E-state index contributed by atoms with van der Waals surface area (Å²) in [5, 5.41) is 6.27. The number of nitrogens with one attached hydrogen (secondary N) is 1. The molecule has 7 heteroatoms. The predicted octanol–water partition coefficient (Wildman–Crippen LogP) is 3.28. The van der Waals surface area contributed by atoms with Crippen LogP contribution in [-0.2, 0) is 0 Å². The Hall–Kier alpha value is -1.08. The summed E-state index contributed by atoms with van der Waals surface area (Å²) in [7, 11) is 0. The van der Waals surface area contributed by atoms with E-state index in [0.29, 0.717) is 10.3 Å². The molecule has 0 aliphatic rings. The zero-order chi connectivity index (χ0) is 11.9. The SMILES string of the molecule is Cc1n[nH]c(=S)n1-c1c(F)cc(Br)cc1F. The minimum atomic E-state index is -0.701. The molecule has 0 saturated carbocycles. The third-order valence-electron chi connectivity index (χ3n) is 2.05. The van der Waals surface area contributed by atoms with Crippen molar-refractivity contribution in [3.63, 3.8) is 0 Å². The zero-order valence-electron chi connectivity index (χ0n) is 8.09. The van der Waals surface area contributed by atoms with E-state index in [1.165, 1.54) is 16.7 Å². The molecule has 1 N–H and O–H groups in total. The van der Waals surface area contributed by atoms with E-state index in [2.05, 4.69) is 26.1 Å². The third kappa shape index (κ3) is 1.80. The van der Waals surface area contributed by atoms with Gasteiger partial charge in [0.25, 0.3) is 0 Å². The molecule has 0 unspecified atom stereocenters. The molecule has 0 atom stereocenters. The number of benzene rings is 1. The van der Waals surface area contributed by atoms with Crippen LogP contribution >= 0.6 is 28.1 Å². The first-order chi connectivity index (χ1) is 7.50. The van der Waals surface area contributed by atoms with Crippen molar-refractivity contribution in [3.05, 3.63) is 38.8 Å². The topological polar surface area (TPSA) is 33.6 Å². The second kappa shape index (κ2) is 4.06. The van der Waals surface area contributed by atoms with Crippen molar-refractivity contribution < 1.29 is 8.78 Å². The number of aryl methyl sites for hydroxylation is 1. The molecule has 1 aromatic carbocycles. The van der Waals surface area contributed by atoms with Crippen molar-refractivity contribution in [1.82, 2.24) is 14.8 Å². The Morgan fingerprint density at radius 2 is 1.94 bits per heavy atom. The van der Waals surface area contributed by atoms with Crippen molar-refractivity contribution in [1.29, 1.82) is 0 Å². The van der Waals surface area contributed by atoms with Gasteiger partial charge in [0.15, 0.2) is 16.4 Å². The summed E-state index contributed by atoms with van der Waals surface area (Å²) in [6.07, 6.45) is 0. The van der Waals surface area contributed by atoms with Gasteiger partial charge in [0.1, 0.15) is 11.5 Å². The fourth-order valence-corrected chi connectivity index (χ4v) is 2.06. The highest BCUT2D eigenvalue weighted by molar-refractivity contribution is 9.10. The maximum absolute atomic E-state index is 13.7. The van der Waals surface area contributed by atoms with Crippen molar-refractivity contribution in [3.8, 4) is 5.69 Å². The zero-order valence-corrected chi connectivity index (χ0v) is 10.5. The largest absolute Gasteiger partial charge is 0.266 e. The predicted molar refractivity (Wildman–Crippen MR) is 61.1 cm³/mol. The fraction of sp³-hybridized carbons (Fsp3) is 0.111. The molecule has 0 aliphatic heterocycles. The molecule has 16 heavy (non-hydrogen) atoms. The van der Waals surface area contributed by atoms with Gasteiger partial charge in [-0.1, -0.05) is 15.9 Å². The first-order valence-electron chi connectivity index (χ1n) is 4.29. The minimum absolute atomic E-state index is 0.151. The molecule has 2 aromatic rings. The highest BCUT2D eigenvalue weighted by Crippen LogP contribution is 2.23. The number of hydrogen-bond acceptors (Lipinski definition) is 2. The molecule has 0 bridgehead atoms. The number of aromatic nitrogens is 3. The van der Waals surface area contributed by atoms with Crippen molar-refractivity contribution in [2.75, 3.05) is 0 Å². The normalized spacial score (nSPS) is 10.8. The third-order valence-corrected chi connectivity index (χ3v) is 2.78. The van der Waals surface area contributed by atoms with Crippen LogP contribution in [0.5, 0.6) is 0 Å². The number of aromatic amines is 1. The lowest BCUT2D eigenvalue weighted by Gasteiger charge is -2.07. The van der Waals surface area contributed by atoms with Crippen LogP contribution in [0.3, 0.4) is 0 Å². The smallest absolute Gasteiger partial charge is 0.200 e. The summed E-state index contributed by atoms with van der Waals surface area (Å²) in [6.45, 7) is 1.60. The minimum Gasteiger partial charge on any atom is -0.266 e. The maximum atomic E-state index is 13.7. The van der Waals surface area contributed by atoms with Gasteiger partial charge in [0, 0.05) is 4.47 Å². The summed E-state index contributed by atoms with van der Waals surface area (Å²) < 4.78 is 29.0. The van der Waals surface area contributed by atoms with Gasteiger partial charge in [-0.3, -0.25) is 9.67 Å². The number of rotatable bonds is 1. The van der Waals surface area contributed by atoms with E-state index in [4.69, 9.17) is 12.2 Å². The monoisotopic (exact) mass is 305 g/mol. The number of hydrogen-bond donors (Lipinski definition) is 1. The van der Waals surface area contributed by atoms with E-state index in [1.807, 2.05) is 0 Å². The number of H-pyrrole nitrogens is 1. The van der Waals surface area contributed by atoms with Gasteiger partial charge in [0.05, 0.1) is 0 Å². The summed E-state index contributed by atoms with van der Waals surface area (Å²) in [5.41, 5.74) is -0.223. The number of nitrogens with zero attached hydrogens (tertiary/aromatic N) is 2. The first-order valence-corrected chi connectivity index (χ1v) is 5.50. The van der Waals surface area contributed by atoms with Crippen LogP contribution in [-0.4, -0.2) is 14.8 Å². The standard InChI is InChI=1S/C9H6BrF2N3S/c1-4-13-14-9(16)15(4)8-6(11)2-5(10)3-7(8)12/h2-3H,1H3,(H,14,16). The maximum Gasteiger partial charge on any atom is 0.200 e. The summed E-state index contributed by atoms with van der Waals surface area (Å²) in [6, 6.07) is 2.35. The summed E-state index contributed by atoms with van der Waals surface area (Å²) >= 11 is 7.92. The highest BCUT2D eigenvalue weighted by Gasteiger charge is 2.15. The Kier molecular flexibility index (Phi) is 2.90. The molecule has 3 nitrogen and oxygen atoms in total. The molecule has 0 spiro atoms. The molecule has 0 radical (unpaired) electrons. The van der Waals surface area contributed by atoms with Crippen LogP contribution in [0.25, 0.3) is 5.69 Å². The molecule has 0 saturated heterocycles. The van der Waals surface area contributed by atoms with Gasteiger partial charge in [-0.2, -0.15) is 5.10 Å². The number of halogens is 3. The Morgan fingerprint density at radius 1 is 1.38 bits per heavy atom. The van der Waals surface area contributed by atoms with Crippen molar-refractivity contribution in [2.45, 2.75) is 6.92 Å². The molecular formula is C9H6BrF2N3S. The van der Waals surface area contributed by atoms with Crippen LogP contribution in [0.1, 0.15) is 5.82 Å². The molecule has 1 aromatic heterocycles. The van der Waals surface area contributed by atoms with Crippen LogP contribution in [0.15, 0.2) is 16.6 Å². The Morgan fingerprint density at radius 3 is 2.38 bits per heavy atom. The second-order valence-corrected chi connectivity index (χ2v) is 4.43. The van der Waals surface area contributed by atoms with Gasteiger partial charge >= 0.3 is 0 Å². The van der Waals surface area contributed by atoms with E-state index < -0.39 is 11.6 Å². The van der Waals surface area contributed by atoms with Crippen molar-refractivity contribution >= 4 is 28.1 Å². The quantitative estimate of drug-likeness (QED) is 0.820. The second-order valence-electron chi connectivity index (χ2n) is 3.13. The van der Waals surface area contributed by atoms with Gasteiger partial charge in [-0.25, -0.2) is 8.78 Å². The molecule has 0 amide bonds. The van der Waals surface area contributed by atoms with E-state index in [-0.39, 0.29) is 10.5 Å². The fourth-order valence-electron chi connectivity index (χ4n) is 1.39. The van der Waals surface area contributed by atoms with E-state index in [1.54, 1.807) is 6.92 Å². The van der Waals surface area contributed by atoms with Crippen LogP contribution in [0.2, 0.25) is 0 Å². The highest BCUT2D eigenvalue weighted by atomic mass is 79.9. The van der Waals surface area contributed by atoms with Crippen LogP contribution in [0.4, 0.5) is 8.78 Å². The molecule has 1 heterocycles. The van der Waals surface area contributed by atoms with E-state index in [9.17, 15) is 8.78 Å². The van der Waals surface area contributed by atoms with Gasteiger partial charge in [0.2, 0.25) is 0 Å². The molecular weight excluding hydrogens is 300 g/mol. The lowest BCUT2D eigenvalue weighted by Crippen LogP contribution is -2.04. The summed E-state index contributed by atoms with van der Waals surface area (Å²) in [4.78, 5) is 0. The average molecular weight is 306 g/mol. The molecule has 2 rings (SSSR count). The van der Waals surface area contributed by atoms with E-state index >= 15 is 0 Å². The van der Waals surface area contributed by atoms with E-state index in [0.717, 1.165) is 0 Å². The van der Waals surface area contributed by atoms with Gasteiger partial charge < -0.3 is 0 Å². The summed E-state index contributed by atoms with van der Waals surface area (Å²) in [5.74, 6) is -1.01. The van der Waals surface area contributed by atoms with Crippen LogP contribution < -0.4 is 0 Å². The average Bonchev–Trinajstić information content (AvgIpc) is 2.47. The van der Waals surface area contributed by atoms with Crippen molar-refractivity contribution in [2.24, 2.45) is 0 Å². The molecule has 84 valence electrons. The Labute approximate surface area is 103 Å². The Balaban J connectivity index is 2.79. The lowest BCUT2D eigenvalue weighted by molar-refractivity contribution is 0.565. The molecule has 0 aliphatic carbocycles. The van der Waals surface area contributed by atoms with Gasteiger partial charge in [-0.05, 0) is 31.3 Å². The van der Waals surface area contributed by atoms with Gasteiger partial charge in [-0.15, -0.1) is 0 Å². The molecule has 0 fully saturated rings.